The first-order chi connectivity index (χ1) is 14.6. The molecule has 0 bridgehead atoms. The number of likely N-dealkylation sites (tertiary alicyclic amines) is 1. The first-order valence-corrected chi connectivity index (χ1v) is 10.3. The van der Waals surface area contributed by atoms with Crippen molar-refractivity contribution < 1.29 is 19.0 Å². The van der Waals surface area contributed by atoms with Gasteiger partial charge in [0.1, 0.15) is 5.75 Å². The van der Waals surface area contributed by atoms with Crippen molar-refractivity contribution in [3.05, 3.63) is 59.7 Å². The minimum atomic E-state index is -0.500. The summed E-state index contributed by atoms with van der Waals surface area (Å²) in [6.45, 7) is 3.26. The van der Waals surface area contributed by atoms with E-state index in [0.29, 0.717) is 13.1 Å². The Kier molecular flexibility index (Phi) is 3.77. The number of hydrazine groups is 1. The number of fused-ring (bicyclic) bond motifs is 5. The maximum Gasteiger partial charge on any atom is 0.231 e. The predicted molar refractivity (Wildman–Crippen MR) is 110 cm³/mol. The summed E-state index contributed by atoms with van der Waals surface area (Å²) in [7, 11) is 0. The monoisotopic (exact) mass is 405 g/mol. The Balaban J connectivity index is 1.37. The van der Waals surface area contributed by atoms with E-state index in [1.165, 1.54) is 0 Å². The van der Waals surface area contributed by atoms with Crippen molar-refractivity contribution in [3.8, 4) is 17.2 Å². The van der Waals surface area contributed by atoms with Crippen LogP contribution in [0.3, 0.4) is 0 Å². The van der Waals surface area contributed by atoms with Gasteiger partial charge >= 0.3 is 0 Å². The van der Waals surface area contributed by atoms with E-state index in [1.54, 1.807) is 6.92 Å². The maximum absolute atomic E-state index is 11.8. The standard InChI is InChI=1S/C23H23N3O4/c1-15(27)25-10-8-23(9-11-25)26-19(17-4-2-3-5-20(17)30-23)13-18(24-26)16-6-7-21-22(12-16)29-14-28-21/h2-7,12-13,19,24H,8-11,14H2,1H3/t19-/m1/s1. The molecular formula is C23H23N3O4. The summed E-state index contributed by atoms with van der Waals surface area (Å²) >= 11 is 0. The second kappa shape index (κ2) is 6.40. The Labute approximate surface area is 174 Å². The number of ether oxygens (including phenoxy) is 3. The topological polar surface area (TPSA) is 63.3 Å². The Morgan fingerprint density at radius 1 is 1.07 bits per heavy atom. The summed E-state index contributed by atoms with van der Waals surface area (Å²) < 4.78 is 17.6. The van der Waals surface area contributed by atoms with Gasteiger partial charge in [-0.2, -0.15) is 5.01 Å². The lowest BCUT2D eigenvalue weighted by atomic mass is 9.93. The van der Waals surface area contributed by atoms with Crippen LogP contribution in [0.1, 0.15) is 36.9 Å². The number of nitrogens with zero attached hydrogens (tertiary/aromatic N) is 2. The first-order valence-electron chi connectivity index (χ1n) is 10.3. The number of hydrogen-bond donors (Lipinski definition) is 1. The van der Waals surface area contributed by atoms with Crippen LogP contribution in [0.2, 0.25) is 0 Å². The summed E-state index contributed by atoms with van der Waals surface area (Å²) in [5.74, 6) is 2.57. The van der Waals surface area contributed by atoms with Gasteiger partial charge in [-0.05, 0) is 30.3 Å². The Bertz CT molecular complexity index is 1060. The van der Waals surface area contributed by atoms with Gasteiger partial charge in [-0.15, -0.1) is 0 Å². The van der Waals surface area contributed by atoms with E-state index >= 15 is 0 Å². The van der Waals surface area contributed by atoms with E-state index in [9.17, 15) is 4.79 Å². The summed E-state index contributed by atoms with van der Waals surface area (Å²) in [5.41, 5.74) is 6.32. The summed E-state index contributed by atoms with van der Waals surface area (Å²) in [6, 6.07) is 14.3. The molecule has 4 aliphatic heterocycles. The zero-order valence-corrected chi connectivity index (χ0v) is 16.8. The van der Waals surface area contributed by atoms with Crippen molar-refractivity contribution in [1.29, 1.82) is 0 Å². The van der Waals surface area contributed by atoms with E-state index in [-0.39, 0.29) is 18.7 Å². The molecule has 7 heteroatoms. The number of rotatable bonds is 1. The van der Waals surface area contributed by atoms with Crippen molar-refractivity contribution in [2.24, 2.45) is 0 Å². The smallest absolute Gasteiger partial charge is 0.231 e. The molecule has 7 nitrogen and oxygen atoms in total. The number of amides is 1. The van der Waals surface area contributed by atoms with Gasteiger partial charge in [0.2, 0.25) is 12.7 Å². The fourth-order valence-corrected chi connectivity index (χ4v) is 4.86. The van der Waals surface area contributed by atoms with Crippen LogP contribution >= 0.6 is 0 Å². The largest absolute Gasteiger partial charge is 0.470 e. The Morgan fingerprint density at radius 3 is 2.70 bits per heavy atom. The molecule has 1 saturated heterocycles. The highest BCUT2D eigenvalue weighted by Gasteiger charge is 2.51. The Morgan fingerprint density at radius 2 is 1.87 bits per heavy atom. The van der Waals surface area contributed by atoms with Crippen LogP contribution in [0.25, 0.3) is 5.70 Å². The number of nitrogens with one attached hydrogen (secondary N) is 1. The molecule has 0 radical (unpaired) electrons. The van der Waals surface area contributed by atoms with Crippen LogP contribution in [0.15, 0.2) is 48.5 Å². The minimum Gasteiger partial charge on any atom is -0.470 e. The third-order valence-electron chi connectivity index (χ3n) is 6.49. The average molecular weight is 405 g/mol. The summed E-state index contributed by atoms with van der Waals surface area (Å²) in [4.78, 5) is 13.7. The van der Waals surface area contributed by atoms with E-state index in [2.05, 4.69) is 22.6 Å². The molecule has 30 heavy (non-hydrogen) atoms. The second-order valence-electron chi connectivity index (χ2n) is 8.17. The maximum atomic E-state index is 11.8. The number of carbonyl (C=O) groups is 1. The molecule has 154 valence electrons. The third kappa shape index (κ3) is 2.58. The lowest BCUT2D eigenvalue weighted by Crippen LogP contribution is -2.63. The van der Waals surface area contributed by atoms with Crippen LogP contribution in [0, 0.1) is 0 Å². The number of piperidine rings is 1. The predicted octanol–water partition coefficient (Wildman–Crippen LogP) is 3.05. The summed E-state index contributed by atoms with van der Waals surface area (Å²) in [6.07, 6.45) is 3.73. The van der Waals surface area contributed by atoms with Gasteiger partial charge in [0.15, 0.2) is 17.2 Å². The van der Waals surface area contributed by atoms with Gasteiger partial charge in [-0.3, -0.25) is 4.79 Å². The average Bonchev–Trinajstić information content (AvgIpc) is 3.41. The lowest BCUT2D eigenvalue weighted by Gasteiger charge is -2.51. The highest BCUT2D eigenvalue weighted by atomic mass is 16.7. The lowest BCUT2D eigenvalue weighted by molar-refractivity contribution is -0.165. The molecule has 1 amide bonds. The van der Waals surface area contributed by atoms with E-state index in [0.717, 1.165) is 46.9 Å². The molecule has 0 unspecified atom stereocenters. The van der Waals surface area contributed by atoms with Crippen molar-refractivity contribution in [1.82, 2.24) is 15.3 Å². The third-order valence-corrected chi connectivity index (χ3v) is 6.49. The van der Waals surface area contributed by atoms with E-state index in [1.807, 2.05) is 41.3 Å². The van der Waals surface area contributed by atoms with Crippen molar-refractivity contribution in [3.63, 3.8) is 0 Å². The van der Waals surface area contributed by atoms with Crippen molar-refractivity contribution in [2.45, 2.75) is 31.5 Å². The molecule has 6 rings (SSSR count). The van der Waals surface area contributed by atoms with Crippen molar-refractivity contribution in [2.75, 3.05) is 19.9 Å². The minimum absolute atomic E-state index is 0.0549. The molecule has 2 aromatic rings. The number of para-hydroxylation sites is 1. The second-order valence-corrected chi connectivity index (χ2v) is 8.17. The van der Waals surface area contributed by atoms with Gasteiger partial charge in [-0.25, -0.2) is 0 Å². The molecule has 1 fully saturated rings. The molecular weight excluding hydrogens is 382 g/mol. The molecule has 0 aromatic heterocycles. The quantitative estimate of drug-likeness (QED) is 0.787. The molecule has 0 aliphatic carbocycles. The SMILES string of the molecule is CC(=O)N1CCC2(CC1)Oc1ccccc1[C@H]1C=C(c3ccc4c(c3)OCO4)NN12. The van der Waals surface area contributed by atoms with Gasteiger partial charge in [0.05, 0.1) is 11.7 Å². The molecule has 4 aliphatic rings. The van der Waals surface area contributed by atoms with Crippen LogP contribution < -0.4 is 19.6 Å². The van der Waals surface area contributed by atoms with Gasteiger partial charge in [0, 0.05) is 44.0 Å². The molecule has 0 saturated carbocycles. The first kappa shape index (κ1) is 17.7. The summed E-state index contributed by atoms with van der Waals surface area (Å²) in [5, 5.41) is 2.23. The van der Waals surface area contributed by atoms with Crippen LogP contribution in [0.4, 0.5) is 0 Å². The molecule has 1 spiro atoms. The number of benzene rings is 2. The van der Waals surface area contributed by atoms with E-state index in [4.69, 9.17) is 14.2 Å². The van der Waals surface area contributed by atoms with Crippen molar-refractivity contribution >= 4 is 11.6 Å². The van der Waals surface area contributed by atoms with Gasteiger partial charge < -0.3 is 24.5 Å². The van der Waals surface area contributed by atoms with Crippen LogP contribution in [-0.4, -0.2) is 41.4 Å². The van der Waals surface area contributed by atoms with Crippen LogP contribution in [0.5, 0.6) is 17.2 Å². The fraction of sp³-hybridized carbons (Fsp3) is 0.348. The fourth-order valence-electron chi connectivity index (χ4n) is 4.86. The van der Waals surface area contributed by atoms with Gasteiger partial charge in [0.25, 0.3) is 0 Å². The highest BCUT2D eigenvalue weighted by Crippen LogP contribution is 2.48. The van der Waals surface area contributed by atoms with Gasteiger partial charge in [-0.1, -0.05) is 18.2 Å². The molecule has 1 atom stereocenters. The zero-order valence-electron chi connectivity index (χ0n) is 16.8. The number of carbonyl (C=O) groups excluding carboxylic acids is 1. The molecule has 2 aromatic carbocycles. The number of hydrogen-bond acceptors (Lipinski definition) is 6. The normalized spacial score (nSPS) is 23.3. The molecule has 1 N–H and O–H groups in total. The highest BCUT2D eigenvalue weighted by molar-refractivity contribution is 5.73. The Hall–Kier alpha value is -3.19. The zero-order chi connectivity index (χ0) is 20.3. The van der Waals surface area contributed by atoms with E-state index < -0.39 is 5.72 Å². The molecule has 4 heterocycles. The van der Waals surface area contributed by atoms with Crippen LogP contribution in [-0.2, 0) is 4.79 Å².